The topological polar surface area (TPSA) is 106 Å². The number of hydrogen-bond donors (Lipinski definition) is 4. The van der Waals surface area contributed by atoms with Crippen molar-refractivity contribution < 1.29 is 18.0 Å². The van der Waals surface area contributed by atoms with Crippen molar-refractivity contribution in [3.8, 4) is 0 Å². The number of nitrogens with two attached hydrogens (primary N) is 2. The van der Waals surface area contributed by atoms with E-state index in [1.54, 1.807) is 6.92 Å². The van der Waals surface area contributed by atoms with E-state index in [1.165, 1.54) is 0 Å². The lowest BCUT2D eigenvalue weighted by Gasteiger charge is -2.23. The first-order valence-electron chi connectivity index (χ1n) is 8.60. The van der Waals surface area contributed by atoms with Crippen LogP contribution in [0.5, 0.6) is 0 Å². The second-order valence-corrected chi connectivity index (χ2v) is 7.72. The minimum absolute atomic E-state index is 0.0422. The highest BCUT2D eigenvalue weighted by atomic mass is 19.4. The Morgan fingerprint density at radius 2 is 1.70 bits per heavy atom. The van der Waals surface area contributed by atoms with E-state index in [0.717, 1.165) is 24.3 Å². The predicted octanol–water partition coefficient (Wildman–Crippen LogP) is 2.45. The number of halogens is 3. The van der Waals surface area contributed by atoms with Gasteiger partial charge in [0, 0.05) is 18.2 Å². The summed E-state index contributed by atoms with van der Waals surface area (Å²) in [7, 11) is 0. The zero-order valence-electron chi connectivity index (χ0n) is 16.0. The normalized spacial score (nSPS) is 15.2. The Kier molecular flexibility index (Phi) is 7.79. The van der Waals surface area contributed by atoms with Gasteiger partial charge >= 0.3 is 6.18 Å². The van der Waals surface area contributed by atoms with Crippen molar-refractivity contribution in [2.75, 3.05) is 6.54 Å². The third kappa shape index (κ3) is 8.87. The highest BCUT2D eigenvalue weighted by Gasteiger charge is 2.30. The zero-order valence-corrected chi connectivity index (χ0v) is 16.0. The largest absolute Gasteiger partial charge is 0.416 e. The Labute approximate surface area is 157 Å². The van der Waals surface area contributed by atoms with Gasteiger partial charge in [0.1, 0.15) is 0 Å². The number of rotatable bonds is 5. The summed E-state index contributed by atoms with van der Waals surface area (Å²) in [6.45, 7) is 8.30. The number of benzene rings is 1. The SMILES string of the molecule is CC(N)CC(N)N/C(=N\C(=O)c1ccc(C(F)(F)F)cc1)NCC(C)(C)C. The summed E-state index contributed by atoms with van der Waals surface area (Å²) >= 11 is 0. The van der Waals surface area contributed by atoms with Gasteiger partial charge in [-0.25, -0.2) is 0 Å². The van der Waals surface area contributed by atoms with Crippen LogP contribution in [0.25, 0.3) is 0 Å². The first kappa shape index (κ1) is 22.9. The fraction of sp³-hybridized carbons (Fsp3) is 0.556. The fourth-order valence-electron chi connectivity index (χ4n) is 2.07. The van der Waals surface area contributed by atoms with Crippen LogP contribution in [0.15, 0.2) is 29.3 Å². The van der Waals surface area contributed by atoms with E-state index in [2.05, 4.69) is 15.6 Å². The van der Waals surface area contributed by atoms with Gasteiger partial charge in [0.15, 0.2) is 0 Å². The van der Waals surface area contributed by atoms with Crippen molar-refractivity contribution in [2.45, 2.75) is 52.5 Å². The molecule has 9 heteroatoms. The molecule has 0 spiro atoms. The lowest BCUT2D eigenvalue weighted by atomic mass is 9.97. The number of nitrogens with one attached hydrogen (secondary N) is 2. The predicted molar refractivity (Wildman–Crippen MR) is 100 cm³/mol. The maximum Gasteiger partial charge on any atom is 0.416 e. The molecule has 1 amide bonds. The lowest BCUT2D eigenvalue weighted by Crippen LogP contribution is -2.51. The smallest absolute Gasteiger partial charge is 0.355 e. The van der Waals surface area contributed by atoms with Crippen LogP contribution in [-0.2, 0) is 6.18 Å². The molecule has 0 aromatic heterocycles. The van der Waals surface area contributed by atoms with Crippen LogP contribution in [0, 0.1) is 5.41 Å². The minimum atomic E-state index is -4.46. The number of alkyl halides is 3. The van der Waals surface area contributed by atoms with Crippen molar-refractivity contribution in [3.63, 3.8) is 0 Å². The molecule has 0 saturated heterocycles. The zero-order chi connectivity index (χ0) is 20.8. The van der Waals surface area contributed by atoms with Crippen molar-refractivity contribution >= 4 is 11.9 Å². The maximum absolute atomic E-state index is 12.6. The van der Waals surface area contributed by atoms with E-state index >= 15 is 0 Å². The second kappa shape index (κ2) is 9.18. The molecule has 0 aliphatic carbocycles. The Morgan fingerprint density at radius 3 is 2.15 bits per heavy atom. The van der Waals surface area contributed by atoms with Gasteiger partial charge in [-0.1, -0.05) is 20.8 Å². The first-order chi connectivity index (χ1) is 12.3. The summed E-state index contributed by atoms with van der Waals surface area (Å²) in [4.78, 5) is 16.3. The molecule has 152 valence electrons. The van der Waals surface area contributed by atoms with Gasteiger partial charge in [0.2, 0.25) is 5.96 Å². The molecular weight excluding hydrogens is 359 g/mol. The van der Waals surface area contributed by atoms with E-state index in [-0.39, 0.29) is 23.0 Å². The van der Waals surface area contributed by atoms with Gasteiger partial charge < -0.3 is 22.1 Å². The van der Waals surface area contributed by atoms with Crippen LogP contribution in [0.4, 0.5) is 13.2 Å². The van der Waals surface area contributed by atoms with Crippen molar-refractivity contribution in [2.24, 2.45) is 21.9 Å². The Bertz CT molecular complexity index is 648. The van der Waals surface area contributed by atoms with E-state index in [9.17, 15) is 18.0 Å². The molecule has 0 radical (unpaired) electrons. The number of amides is 1. The summed E-state index contributed by atoms with van der Waals surface area (Å²) in [5.74, 6) is -0.524. The van der Waals surface area contributed by atoms with Crippen LogP contribution in [0.1, 0.15) is 50.0 Å². The molecule has 0 aliphatic heterocycles. The summed E-state index contributed by atoms with van der Waals surface area (Å²) in [5.41, 5.74) is 10.8. The van der Waals surface area contributed by atoms with Crippen LogP contribution < -0.4 is 22.1 Å². The van der Waals surface area contributed by atoms with E-state index in [0.29, 0.717) is 13.0 Å². The first-order valence-corrected chi connectivity index (χ1v) is 8.60. The second-order valence-electron chi connectivity index (χ2n) is 7.72. The molecular formula is C18H28F3N5O. The van der Waals surface area contributed by atoms with E-state index < -0.39 is 23.8 Å². The molecule has 1 aromatic rings. The summed E-state index contributed by atoms with van der Waals surface area (Å²) in [6, 6.07) is 3.73. The fourth-order valence-corrected chi connectivity index (χ4v) is 2.07. The lowest BCUT2D eigenvalue weighted by molar-refractivity contribution is -0.137. The van der Waals surface area contributed by atoms with E-state index in [1.807, 2.05) is 20.8 Å². The summed E-state index contributed by atoms with van der Waals surface area (Å²) in [6.07, 6.45) is -4.54. The molecule has 0 heterocycles. The van der Waals surface area contributed by atoms with Gasteiger partial charge in [-0.15, -0.1) is 0 Å². The quantitative estimate of drug-likeness (QED) is 0.353. The number of guanidine groups is 1. The van der Waals surface area contributed by atoms with Crippen molar-refractivity contribution in [1.29, 1.82) is 0 Å². The third-order valence-corrected chi connectivity index (χ3v) is 3.41. The molecule has 0 bridgehead atoms. The molecule has 27 heavy (non-hydrogen) atoms. The minimum Gasteiger partial charge on any atom is -0.355 e. The average Bonchev–Trinajstić information content (AvgIpc) is 2.50. The van der Waals surface area contributed by atoms with Gasteiger partial charge in [-0.3, -0.25) is 4.79 Å². The summed E-state index contributed by atoms with van der Waals surface area (Å²) < 4.78 is 37.9. The maximum atomic E-state index is 12.6. The average molecular weight is 387 g/mol. The van der Waals surface area contributed by atoms with Crippen molar-refractivity contribution in [3.05, 3.63) is 35.4 Å². The van der Waals surface area contributed by atoms with E-state index in [4.69, 9.17) is 11.5 Å². The van der Waals surface area contributed by atoms with Gasteiger partial charge in [-0.05, 0) is 43.0 Å². The molecule has 6 N–H and O–H groups in total. The van der Waals surface area contributed by atoms with Gasteiger partial charge in [0.25, 0.3) is 5.91 Å². The van der Waals surface area contributed by atoms with Crippen LogP contribution in [-0.4, -0.2) is 30.6 Å². The Balaban J connectivity index is 2.97. The van der Waals surface area contributed by atoms with Crippen molar-refractivity contribution in [1.82, 2.24) is 10.6 Å². The van der Waals surface area contributed by atoms with Crippen LogP contribution in [0.2, 0.25) is 0 Å². The van der Waals surface area contributed by atoms with Gasteiger partial charge in [-0.2, -0.15) is 18.2 Å². The van der Waals surface area contributed by atoms with Crippen LogP contribution in [0.3, 0.4) is 0 Å². The number of nitrogens with zero attached hydrogens (tertiary/aromatic N) is 1. The molecule has 6 nitrogen and oxygen atoms in total. The van der Waals surface area contributed by atoms with Crippen LogP contribution >= 0.6 is 0 Å². The number of hydrogen-bond acceptors (Lipinski definition) is 3. The van der Waals surface area contributed by atoms with Gasteiger partial charge in [0.05, 0.1) is 11.7 Å². The molecule has 1 aromatic carbocycles. The molecule has 0 saturated carbocycles. The highest BCUT2D eigenvalue weighted by Crippen LogP contribution is 2.29. The number of carbonyl (C=O) groups excluding carboxylic acids is 1. The summed E-state index contributed by atoms with van der Waals surface area (Å²) in [5, 5.41) is 5.91. The standard InChI is InChI=1S/C18H28F3N5O/c1-11(22)9-14(23)25-16(24-10-17(2,3)4)26-15(27)12-5-7-13(8-6-12)18(19,20)21/h5-8,11,14H,9-10,22-23H2,1-4H3,(H2,24,25,26,27). The molecule has 2 unspecified atom stereocenters. The Morgan fingerprint density at radius 1 is 1.15 bits per heavy atom. The molecule has 1 rings (SSSR count). The number of carbonyl (C=O) groups is 1. The molecule has 0 fully saturated rings. The highest BCUT2D eigenvalue weighted by molar-refractivity contribution is 6.02. The number of aliphatic imine (C=N–C) groups is 1. The molecule has 2 atom stereocenters. The Hall–Kier alpha value is -2.13. The third-order valence-electron chi connectivity index (χ3n) is 3.41. The monoisotopic (exact) mass is 387 g/mol. The molecule has 0 aliphatic rings.